The molecule has 1 aromatic rings. The van der Waals surface area contributed by atoms with Crippen LogP contribution in [0.25, 0.3) is 0 Å². The van der Waals surface area contributed by atoms with E-state index in [0.717, 1.165) is 35.7 Å². The number of anilines is 1. The molecule has 4 heteroatoms. The van der Waals surface area contributed by atoms with Crippen LogP contribution in [-0.4, -0.2) is 25.6 Å². The monoisotopic (exact) mass is 277 g/mol. The van der Waals surface area contributed by atoms with Crippen molar-refractivity contribution in [1.82, 2.24) is 10.3 Å². The van der Waals surface area contributed by atoms with Crippen molar-refractivity contribution < 1.29 is 4.39 Å². The SMILES string of the molecule is CNCc1cc(F)cnc1N(C)CC1CC2CCC1C2. The first-order valence-electron chi connectivity index (χ1n) is 7.67. The average molecular weight is 277 g/mol. The molecular formula is C16H24FN3. The summed E-state index contributed by atoms with van der Waals surface area (Å²) in [6.07, 6.45) is 6.97. The van der Waals surface area contributed by atoms with Crippen LogP contribution in [0.2, 0.25) is 0 Å². The van der Waals surface area contributed by atoms with Crippen LogP contribution in [0.4, 0.5) is 10.2 Å². The molecule has 2 bridgehead atoms. The molecule has 0 saturated heterocycles. The van der Waals surface area contributed by atoms with Gasteiger partial charge in [-0.1, -0.05) is 6.42 Å². The highest BCUT2D eigenvalue weighted by Gasteiger charge is 2.39. The molecule has 0 aliphatic heterocycles. The molecule has 2 aliphatic rings. The van der Waals surface area contributed by atoms with Gasteiger partial charge in [0, 0.05) is 25.7 Å². The predicted octanol–water partition coefficient (Wildman–Crippen LogP) is 2.81. The first-order chi connectivity index (χ1) is 9.67. The van der Waals surface area contributed by atoms with Crippen LogP contribution in [0.1, 0.15) is 31.2 Å². The van der Waals surface area contributed by atoms with Crippen LogP contribution in [0, 0.1) is 23.6 Å². The van der Waals surface area contributed by atoms with E-state index in [2.05, 4.69) is 22.2 Å². The van der Waals surface area contributed by atoms with Gasteiger partial charge in [0.15, 0.2) is 0 Å². The van der Waals surface area contributed by atoms with E-state index in [9.17, 15) is 4.39 Å². The maximum atomic E-state index is 13.4. The zero-order valence-corrected chi connectivity index (χ0v) is 12.4. The Hall–Kier alpha value is -1.16. The van der Waals surface area contributed by atoms with Crippen molar-refractivity contribution in [1.29, 1.82) is 0 Å². The molecule has 1 N–H and O–H groups in total. The quantitative estimate of drug-likeness (QED) is 0.897. The second-order valence-corrected chi connectivity index (χ2v) is 6.48. The number of rotatable bonds is 5. The number of hydrogen-bond donors (Lipinski definition) is 1. The van der Waals surface area contributed by atoms with Crippen molar-refractivity contribution >= 4 is 5.82 Å². The predicted molar refractivity (Wildman–Crippen MR) is 79.2 cm³/mol. The van der Waals surface area contributed by atoms with E-state index in [1.807, 2.05) is 7.05 Å². The number of pyridine rings is 1. The molecule has 20 heavy (non-hydrogen) atoms. The normalized spacial score (nSPS) is 28.1. The lowest BCUT2D eigenvalue weighted by Crippen LogP contribution is -2.30. The van der Waals surface area contributed by atoms with Gasteiger partial charge >= 0.3 is 0 Å². The largest absolute Gasteiger partial charge is 0.359 e. The summed E-state index contributed by atoms with van der Waals surface area (Å²) in [5.41, 5.74) is 0.943. The summed E-state index contributed by atoms with van der Waals surface area (Å²) in [5.74, 6) is 3.34. The third kappa shape index (κ3) is 2.66. The fraction of sp³-hybridized carbons (Fsp3) is 0.688. The number of halogens is 1. The average Bonchev–Trinajstić information content (AvgIpc) is 3.01. The third-order valence-corrected chi connectivity index (χ3v) is 5.03. The van der Waals surface area contributed by atoms with Gasteiger partial charge in [0.25, 0.3) is 0 Å². The molecule has 3 atom stereocenters. The van der Waals surface area contributed by atoms with Crippen molar-refractivity contribution in [2.24, 2.45) is 17.8 Å². The Labute approximate surface area is 120 Å². The van der Waals surface area contributed by atoms with E-state index in [1.165, 1.54) is 31.9 Å². The van der Waals surface area contributed by atoms with E-state index >= 15 is 0 Å². The van der Waals surface area contributed by atoms with Gasteiger partial charge < -0.3 is 10.2 Å². The Morgan fingerprint density at radius 3 is 2.90 bits per heavy atom. The highest BCUT2D eigenvalue weighted by atomic mass is 19.1. The van der Waals surface area contributed by atoms with E-state index in [1.54, 1.807) is 6.07 Å². The Kier molecular flexibility index (Phi) is 3.92. The minimum atomic E-state index is -0.257. The van der Waals surface area contributed by atoms with Gasteiger partial charge in [-0.15, -0.1) is 0 Å². The highest BCUT2D eigenvalue weighted by molar-refractivity contribution is 5.46. The molecular weight excluding hydrogens is 253 g/mol. The summed E-state index contributed by atoms with van der Waals surface area (Å²) in [6.45, 7) is 1.71. The van der Waals surface area contributed by atoms with Gasteiger partial charge in [0.1, 0.15) is 11.6 Å². The first-order valence-corrected chi connectivity index (χ1v) is 7.67. The Bertz CT molecular complexity index is 477. The fourth-order valence-electron chi connectivity index (χ4n) is 4.18. The maximum absolute atomic E-state index is 13.4. The third-order valence-electron chi connectivity index (χ3n) is 5.03. The van der Waals surface area contributed by atoms with Crippen molar-refractivity contribution in [3.8, 4) is 0 Å². The summed E-state index contributed by atoms with van der Waals surface area (Å²) in [4.78, 5) is 6.53. The molecule has 3 rings (SSSR count). The van der Waals surface area contributed by atoms with Crippen LogP contribution in [-0.2, 0) is 6.54 Å². The van der Waals surface area contributed by atoms with Crippen molar-refractivity contribution in [2.75, 3.05) is 25.5 Å². The number of nitrogens with one attached hydrogen (secondary N) is 1. The molecule has 2 saturated carbocycles. The zero-order valence-electron chi connectivity index (χ0n) is 12.4. The molecule has 0 aromatic carbocycles. The van der Waals surface area contributed by atoms with E-state index in [4.69, 9.17) is 0 Å². The lowest BCUT2D eigenvalue weighted by atomic mass is 9.88. The van der Waals surface area contributed by atoms with Gasteiger partial charge in [0.05, 0.1) is 6.20 Å². The number of nitrogens with zero attached hydrogens (tertiary/aromatic N) is 2. The molecule has 0 spiro atoms. The van der Waals surface area contributed by atoms with E-state index in [-0.39, 0.29) is 5.82 Å². The Morgan fingerprint density at radius 1 is 1.40 bits per heavy atom. The molecule has 1 heterocycles. The van der Waals surface area contributed by atoms with Crippen LogP contribution in [0.15, 0.2) is 12.3 Å². The standard InChI is InChI=1S/C16H24FN3/c1-18-8-13-7-15(17)9-19-16(13)20(2)10-14-6-11-3-4-12(14)5-11/h7,9,11-12,14,18H,3-6,8,10H2,1-2H3. The Balaban J connectivity index is 1.71. The van der Waals surface area contributed by atoms with Gasteiger partial charge in [-0.05, 0) is 50.1 Å². The molecule has 110 valence electrons. The van der Waals surface area contributed by atoms with Crippen molar-refractivity contribution in [2.45, 2.75) is 32.2 Å². The zero-order chi connectivity index (χ0) is 14.1. The molecule has 2 aliphatic carbocycles. The van der Waals surface area contributed by atoms with Crippen LogP contribution < -0.4 is 10.2 Å². The van der Waals surface area contributed by atoms with Gasteiger partial charge in [0.2, 0.25) is 0 Å². The van der Waals surface area contributed by atoms with Crippen molar-refractivity contribution in [3.63, 3.8) is 0 Å². The minimum absolute atomic E-state index is 0.257. The van der Waals surface area contributed by atoms with Crippen LogP contribution in [0.5, 0.6) is 0 Å². The molecule has 2 fully saturated rings. The summed E-state index contributed by atoms with van der Waals surface area (Å²) >= 11 is 0. The maximum Gasteiger partial charge on any atom is 0.141 e. The number of fused-ring (bicyclic) bond motifs is 2. The minimum Gasteiger partial charge on any atom is -0.359 e. The second kappa shape index (κ2) is 5.68. The van der Waals surface area contributed by atoms with E-state index < -0.39 is 0 Å². The topological polar surface area (TPSA) is 28.2 Å². The van der Waals surface area contributed by atoms with Gasteiger partial charge in [-0.3, -0.25) is 0 Å². The smallest absolute Gasteiger partial charge is 0.141 e. The second-order valence-electron chi connectivity index (χ2n) is 6.48. The molecule has 1 aromatic heterocycles. The summed E-state index contributed by atoms with van der Waals surface area (Å²) in [7, 11) is 3.97. The lowest BCUT2D eigenvalue weighted by molar-refractivity contribution is 0.337. The molecule has 0 amide bonds. The van der Waals surface area contributed by atoms with Crippen LogP contribution >= 0.6 is 0 Å². The number of hydrogen-bond acceptors (Lipinski definition) is 3. The Morgan fingerprint density at radius 2 is 2.25 bits per heavy atom. The molecule has 3 nitrogen and oxygen atoms in total. The van der Waals surface area contributed by atoms with Crippen LogP contribution in [0.3, 0.4) is 0 Å². The lowest BCUT2D eigenvalue weighted by Gasteiger charge is -2.29. The van der Waals surface area contributed by atoms with Gasteiger partial charge in [-0.2, -0.15) is 0 Å². The number of aromatic nitrogens is 1. The van der Waals surface area contributed by atoms with Crippen molar-refractivity contribution in [3.05, 3.63) is 23.6 Å². The first kappa shape index (κ1) is 13.8. The summed E-state index contributed by atoms with van der Waals surface area (Å²) in [5, 5.41) is 3.09. The highest BCUT2D eigenvalue weighted by Crippen LogP contribution is 2.48. The fourth-order valence-corrected chi connectivity index (χ4v) is 4.18. The summed E-state index contributed by atoms with van der Waals surface area (Å²) in [6, 6.07) is 1.59. The summed E-state index contributed by atoms with van der Waals surface area (Å²) < 4.78 is 13.4. The molecule has 3 unspecified atom stereocenters. The molecule has 0 radical (unpaired) electrons. The van der Waals surface area contributed by atoms with Gasteiger partial charge in [-0.25, -0.2) is 9.37 Å². The van der Waals surface area contributed by atoms with E-state index in [0.29, 0.717) is 6.54 Å².